The van der Waals surface area contributed by atoms with Crippen LogP contribution < -0.4 is 16.0 Å². The smallest absolute Gasteiger partial charge is 0.228 e. The highest BCUT2D eigenvalue weighted by molar-refractivity contribution is 5.98. The zero-order valence-corrected chi connectivity index (χ0v) is 12.6. The molecule has 3 aliphatic rings. The van der Waals surface area contributed by atoms with Crippen molar-refractivity contribution < 1.29 is 9.59 Å². The van der Waals surface area contributed by atoms with Gasteiger partial charge < -0.3 is 16.0 Å². The normalized spacial score (nSPS) is 25.3. The average molecular weight is 299 g/mol. The fraction of sp³-hybridized carbons (Fsp3) is 0.529. The number of amides is 2. The number of hydrogen-bond donors (Lipinski definition) is 3. The summed E-state index contributed by atoms with van der Waals surface area (Å²) >= 11 is 0. The van der Waals surface area contributed by atoms with Crippen LogP contribution in [0.15, 0.2) is 18.2 Å². The van der Waals surface area contributed by atoms with Crippen molar-refractivity contribution in [3.05, 3.63) is 23.8 Å². The Bertz CT molecular complexity index is 635. The second-order valence-electron chi connectivity index (χ2n) is 6.78. The van der Waals surface area contributed by atoms with Crippen molar-refractivity contribution in [1.29, 1.82) is 0 Å². The minimum Gasteiger partial charge on any atom is -0.326 e. The maximum absolute atomic E-state index is 12.5. The molecule has 4 rings (SSSR count). The highest BCUT2D eigenvalue weighted by Gasteiger charge is 2.57. The molecule has 2 aliphatic heterocycles. The predicted octanol–water partition coefficient (Wildman–Crippen LogP) is 1.90. The van der Waals surface area contributed by atoms with E-state index in [0.29, 0.717) is 6.42 Å². The SMILES string of the molecule is O=C1CCc2ccc(NC(=O)C3CC34CCNCC4)cc2N1. The summed E-state index contributed by atoms with van der Waals surface area (Å²) in [5.74, 6) is 0.330. The minimum atomic E-state index is 0.0480. The van der Waals surface area contributed by atoms with Gasteiger partial charge in [0.15, 0.2) is 0 Å². The lowest BCUT2D eigenvalue weighted by molar-refractivity contribution is -0.118. The quantitative estimate of drug-likeness (QED) is 0.781. The lowest BCUT2D eigenvalue weighted by Gasteiger charge is -2.23. The first kappa shape index (κ1) is 13.8. The van der Waals surface area contributed by atoms with Crippen molar-refractivity contribution in [2.75, 3.05) is 23.7 Å². The number of carbonyl (C=O) groups is 2. The van der Waals surface area contributed by atoms with Crippen LogP contribution >= 0.6 is 0 Å². The summed E-state index contributed by atoms with van der Waals surface area (Å²) in [5.41, 5.74) is 3.00. The molecule has 1 aliphatic carbocycles. The van der Waals surface area contributed by atoms with Crippen LogP contribution in [0.3, 0.4) is 0 Å². The Labute approximate surface area is 129 Å². The van der Waals surface area contributed by atoms with Crippen molar-refractivity contribution in [3.8, 4) is 0 Å². The first-order valence-electron chi connectivity index (χ1n) is 8.11. The zero-order chi connectivity index (χ0) is 15.2. The van der Waals surface area contributed by atoms with Gasteiger partial charge >= 0.3 is 0 Å². The molecule has 3 N–H and O–H groups in total. The summed E-state index contributed by atoms with van der Waals surface area (Å²) in [6.07, 6.45) is 4.53. The fourth-order valence-electron chi connectivity index (χ4n) is 3.87. The van der Waals surface area contributed by atoms with Gasteiger partial charge in [-0.05, 0) is 61.9 Å². The highest BCUT2D eigenvalue weighted by atomic mass is 16.2. The standard InChI is InChI=1S/C17H21N3O2/c21-15-4-2-11-1-3-12(9-14(11)20-15)19-16(22)13-10-17(13)5-7-18-8-6-17/h1,3,9,13,18H,2,4-8,10H2,(H,19,22)(H,20,21). The van der Waals surface area contributed by atoms with Gasteiger partial charge in [0.2, 0.25) is 11.8 Å². The van der Waals surface area contributed by atoms with E-state index in [1.54, 1.807) is 0 Å². The average Bonchev–Trinajstić information content (AvgIpc) is 3.21. The van der Waals surface area contributed by atoms with E-state index in [4.69, 9.17) is 0 Å². The molecule has 1 aromatic rings. The van der Waals surface area contributed by atoms with Crippen LogP contribution in [0.1, 0.15) is 31.2 Å². The molecular weight excluding hydrogens is 278 g/mol. The van der Waals surface area contributed by atoms with Crippen molar-refractivity contribution in [3.63, 3.8) is 0 Å². The number of benzene rings is 1. The molecule has 2 fully saturated rings. The number of fused-ring (bicyclic) bond motifs is 1. The van der Waals surface area contributed by atoms with E-state index in [9.17, 15) is 9.59 Å². The summed E-state index contributed by atoms with van der Waals surface area (Å²) in [6, 6.07) is 5.81. The summed E-state index contributed by atoms with van der Waals surface area (Å²) < 4.78 is 0. The number of hydrogen-bond acceptors (Lipinski definition) is 3. The van der Waals surface area contributed by atoms with Crippen molar-refractivity contribution >= 4 is 23.2 Å². The Morgan fingerprint density at radius 1 is 1.23 bits per heavy atom. The number of nitrogens with one attached hydrogen (secondary N) is 3. The first-order chi connectivity index (χ1) is 10.7. The molecule has 2 heterocycles. The van der Waals surface area contributed by atoms with Gasteiger partial charge in [0.05, 0.1) is 0 Å². The van der Waals surface area contributed by atoms with E-state index in [2.05, 4.69) is 16.0 Å². The van der Waals surface area contributed by atoms with Crippen LogP contribution in [0.5, 0.6) is 0 Å². The molecule has 5 nitrogen and oxygen atoms in total. The molecule has 1 saturated carbocycles. The van der Waals surface area contributed by atoms with Gasteiger partial charge in [0, 0.05) is 23.7 Å². The largest absolute Gasteiger partial charge is 0.326 e. The zero-order valence-electron chi connectivity index (χ0n) is 12.6. The predicted molar refractivity (Wildman–Crippen MR) is 84.7 cm³/mol. The molecule has 1 atom stereocenters. The van der Waals surface area contributed by atoms with E-state index in [1.165, 1.54) is 0 Å². The molecule has 1 aromatic carbocycles. The van der Waals surface area contributed by atoms with Crippen molar-refractivity contribution in [2.24, 2.45) is 11.3 Å². The second-order valence-corrected chi connectivity index (χ2v) is 6.78. The third-order valence-corrected chi connectivity index (χ3v) is 5.38. The molecule has 0 radical (unpaired) electrons. The summed E-state index contributed by atoms with van der Waals surface area (Å²) in [6.45, 7) is 2.04. The molecule has 116 valence electrons. The number of rotatable bonds is 2. The molecule has 0 aromatic heterocycles. The van der Waals surface area contributed by atoms with Crippen LogP contribution in [0, 0.1) is 11.3 Å². The number of piperidine rings is 1. The Morgan fingerprint density at radius 2 is 2.05 bits per heavy atom. The monoisotopic (exact) mass is 299 g/mol. The number of aryl methyl sites for hydroxylation is 1. The lowest BCUT2D eigenvalue weighted by Crippen LogP contribution is -2.31. The Hall–Kier alpha value is -1.88. The van der Waals surface area contributed by atoms with Crippen molar-refractivity contribution in [2.45, 2.75) is 32.1 Å². The van der Waals surface area contributed by atoms with E-state index in [1.807, 2.05) is 18.2 Å². The van der Waals surface area contributed by atoms with Gasteiger partial charge in [0.25, 0.3) is 0 Å². The van der Waals surface area contributed by atoms with E-state index >= 15 is 0 Å². The summed E-state index contributed by atoms with van der Waals surface area (Å²) in [5, 5.41) is 9.26. The highest BCUT2D eigenvalue weighted by Crippen LogP contribution is 2.58. The van der Waals surface area contributed by atoms with Gasteiger partial charge in [-0.3, -0.25) is 9.59 Å². The van der Waals surface area contributed by atoms with E-state index in [0.717, 1.165) is 55.7 Å². The maximum atomic E-state index is 12.5. The van der Waals surface area contributed by atoms with Crippen LogP contribution in [0.2, 0.25) is 0 Å². The third kappa shape index (κ3) is 2.39. The van der Waals surface area contributed by atoms with Crippen LogP contribution in [-0.2, 0) is 16.0 Å². The molecule has 0 bridgehead atoms. The summed E-state index contributed by atoms with van der Waals surface area (Å²) in [7, 11) is 0. The van der Waals surface area contributed by atoms with Crippen LogP contribution in [0.25, 0.3) is 0 Å². The lowest BCUT2D eigenvalue weighted by atomic mass is 9.91. The molecule has 2 amide bonds. The van der Waals surface area contributed by atoms with Crippen LogP contribution in [0.4, 0.5) is 11.4 Å². The molecule has 1 spiro atoms. The molecule has 1 unspecified atom stereocenters. The van der Waals surface area contributed by atoms with Gasteiger partial charge in [-0.1, -0.05) is 6.07 Å². The number of carbonyl (C=O) groups excluding carboxylic acids is 2. The van der Waals surface area contributed by atoms with Gasteiger partial charge in [-0.25, -0.2) is 0 Å². The first-order valence-corrected chi connectivity index (χ1v) is 8.11. The topological polar surface area (TPSA) is 70.2 Å². The minimum absolute atomic E-state index is 0.0480. The van der Waals surface area contributed by atoms with Crippen molar-refractivity contribution in [1.82, 2.24) is 5.32 Å². The molecular formula is C17H21N3O2. The molecule has 1 saturated heterocycles. The fourth-order valence-corrected chi connectivity index (χ4v) is 3.87. The molecule has 5 heteroatoms. The maximum Gasteiger partial charge on any atom is 0.228 e. The Balaban J connectivity index is 1.44. The van der Waals surface area contributed by atoms with E-state index < -0.39 is 0 Å². The second kappa shape index (κ2) is 5.09. The van der Waals surface area contributed by atoms with Gasteiger partial charge in [-0.2, -0.15) is 0 Å². The molecule has 22 heavy (non-hydrogen) atoms. The van der Waals surface area contributed by atoms with E-state index in [-0.39, 0.29) is 23.1 Å². The Morgan fingerprint density at radius 3 is 2.86 bits per heavy atom. The van der Waals surface area contributed by atoms with Crippen LogP contribution in [-0.4, -0.2) is 24.9 Å². The number of anilines is 2. The van der Waals surface area contributed by atoms with Gasteiger partial charge in [-0.15, -0.1) is 0 Å². The van der Waals surface area contributed by atoms with Gasteiger partial charge in [0.1, 0.15) is 0 Å². The Kier molecular flexibility index (Phi) is 3.18. The summed E-state index contributed by atoms with van der Waals surface area (Å²) in [4.78, 5) is 23.9. The third-order valence-electron chi connectivity index (χ3n) is 5.38.